The average molecular weight is 380 g/mol. The van der Waals surface area contributed by atoms with Crippen LogP contribution < -0.4 is 0 Å². The van der Waals surface area contributed by atoms with Crippen LogP contribution in [0.3, 0.4) is 0 Å². The van der Waals surface area contributed by atoms with E-state index in [1.807, 2.05) is 0 Å². The molecule has 5 nitrogen and oxygen atoms in total. The molecule has 132 valence electrons. The average Bonchev–Trinajstić information content (AvgIpc) is 2.63. The fourth-order valence-corrected chi connectivity index (χ4v) is 4.66. The molecule has 0 atom stereocenters. The fraction of sp³-hybridized carbons (Fsp3) is 0.278. The number of sulfonamides is 1. The van der Waals surface area contributed by atoms with E-state index in [4.69, 9.17) is 16.7 Å². The molecule has 1 aliphatic heterocycles. The minimum atomic E-state index is -3.47. The van der Waals surface area contributed by atoms with Crippen molar-refractivity contribution in [3.63, 3.8) is 0 Å². The van der Waals surface area contributed by atoms with E-state index in [9.17, 15) is 13.2 Å². The third-order valence-electron chi connectivity index (χ3n) is 4.34. The molecular formula is C18H18ClNO4S. The lowest BCUT2D eigenvalue weighted by Crippen LogP contribution is -2.35. The monoisotopic (exact) mass is 379 g/mol. The summed E-state index contributed by atoms with van der Waals surface area (Å²) in [6, 6.07) is 11.2. The standard InChI is InChI=1S/C18H18ClNO4S/c19-17-9-6-14(12-16(17)18(21)22)13-4-7-15(8-5-13)25(23,24)20-10-2-1-3-11-20/h4-9,12H,1-3,10-11H2,(H,21,22). The van der Waals surface area contributed by atoms with Crippen molar-refractivity contribution in [2.45, 2.75) is 24.2 Å². The van der Waals surface area contributed by atoms with Crippen LogP contribution in [0, 0.1) is 0 Å². The number of hydrogen-bond acceptors (Lipinski definition) is 3. The second-order valence-electron chi connectivity index (χ2n) is 5.99. The summed E-state index contributed by atoms with van der Waals surface area (Å²) in [5.74, 6) is -1.10. The molecule has 1 heterocycles. The van der Waals surface area contributed by atoms with Crippen LogP contribution in [0.25, 0.3) is 11.1 Å². The Kier molecular flexibility index (Phi) is 5.13. The second-order valence-corrected chi connectivity index (χ2v) is 8.33. The molecular weight excluding hydrogens is 362 g/mol. The van der Waals surface area contributed by atoms with Gasteiger partial charge >= 0.3 is 5.97 Å². The number of piperidine rings is 1. The lowest BCUT2D eigenvalue weighted by Gasteiger charge is -2.25. The predicted molar refractivity (Wildman–Crippen MR) is 96.5 cm³/mol. The maximum atomic E-state index is 12.7. The van der Waals surface area contributed by atoms with Crippen molar-refractivity contribution in [3.05, 3.63) is 53.1 Å². The lowest BCUT2D eigenvalue weighted by molar-refractivity contribution is 0.0697. The van der Waals surface area contributed by atoms with Gasteiger partial charge in [0.15, 0.2) is 0 Å². The molecule has 3 rings (SSSR count). The van der Waals surface area contributed by atoms with Crippen molar-refractivity contribution in [1.82, 2.24) is 4.31 Å². The van der Waals surface area contributed by atoms with E-state index in [-0.39, 0.29) is 15.5 Å². The Morgan fingerprint density at radius 3 is 2.16 bits per heavy atom. The van der Waals surface area contributed by atoms with Gasteiger partial charge in [0.1, 0.15) is 0 Å². The Labute approximate surface area is 151 Å². The highest BCUT2D eigenvalue weighted by molar-refractivity contribution is 7.89. The van der Waals surface area contributed by atoms with Crippen molar-refractivity contribution < 1.29 is 18.3 Å². The van der Waals surface area contributed by atoms with Crippen molar-refractivity contribution in [1.29, 1.82) is 0 Å². The van der Waals surface area contributed by atoms with Gasteiger partial charge in [-0.05, 0) is 48.2 Å². The summed E-state index contributed by atoms with van der Waals surface area (Å²) in [4.78, 5) is 11.5. The second kappa shape index (κ2) is 7.15. The highest BCUT2D eigenvalue weighted by Gasteiger charge is 2.25. The summed E-state index contributed by atoms with van der Waals surface area (Å²) in [7, 11) is -3.47. The van der Waals surface area contributed by atoms with Gasteiger partial charge in [0.25, 0.3) is 0 Å². The van der Waals surface area contributed by atoms with Gasteiger partial charge in [-0.25, -0.2) is 13.2 Å². The normalized spacial score (nSPS) is 15.9. The van der Waals surface area contributed by atoms with Gasteiger partial charge < -0.3 is 5.11 Å². The third kappa shape index (κ3) is 3.71. The lowest BCUT2D eigenvalue weighted by atomic mass is 10.0. The quantitative estimate of drug-likeness (QED) is 0.874. The molecule has 1 N–H and O–H groups in total. The minimum Gasteiger partial charge on any atom is -0.478 e. The summed E-state index contributed by atoms with van der Waals surface area (Å²) in [5, 5.41) is 9.33. The van der Waals surface area contributed by atoms with Gasteiger partial charge in [-0.1, -0.05) is 36.2 Å². The van der Waals surface area contributed by atoms with Gasteiger partial charge in [-0.2, -0.15) is 4.31 Å². The highest BCUT2D eigenvalue weighted by atomic mass is 35.5. The highest BCUT2D eigenvalue weighted by Crippen LogP contribution is 2.27. The Morgan fingerprint density at radius 1 is 0.960 bits per heavy atom. The van der Waals surface area contributed by atoms with E-state index in [1.54, 1.807) is 30.3 Å². The SMILES string of the molecule is O=C(O)c1cc(-c2ccc(S(=O)(=O)N3CCCCC3)cc2)ccc1Cl. The minimum absolute atomic E-state index is 0.0178. The molecule has 2 aromatic rings. The zero-order valence-corrected chi connectivity index (χ0v) is 15.1. The van der Waals surface area contributed by atoms with Crippen LogP contribution in [-0.2, 0) is 10.0 Å². The van der Waals surface area contributed by atoms with Crippen LogP contribution in [0.2, 0.25) is 5.02 Å². The molecule has 1 fully saturated rings. The molecule has 0 amide bonds. The molecule has 0 aromatic heterocycles. The number of carboxylic acid groups (broad SMARTS) is 1. The van der Waals surface area contributed by atoms with Crippen LogP contribution in [0.5, 0.6) is 0 Å². The van der Waals surface area contributed by atoms with E-state index in [1.165, 1.54) is 16.4 Å². The largest absolute Gasteiger partial charge is 0.478 e. The molecule has 7 heteroatoms. The van der Waals surface area contributed by atoms with E-state index >= 15 is 0 Å². The molecule has 0 bridgehead atoms. The molecule has 2 aromatic carbocycles. The van der Waals surface area contributed by atoms with Crippen LogP contribution in [-0.4, -0.2) is 36.9 Å². The summed E-state index contributed by atoms with van der Waals surface area (Å²) in [6.07, 6.45) is 2.84. The first kappa shape index (κ1) is 17.9. The fourth-order valence-electron chi connectivity index (χ4n) is 2.94. The van der Waals surface area contributed by atoms with Gasteiger partial charge in [0, 0.05) is 13.1 Å². The molecule has 25 heavy (non-hydrogen) atoms. The molecule has 0 saturated carbocycles. The number of carbonyl (C=O) groups is 1. The summed E-state index contributed by atoms with van der Waals surface area (Å²) in [6.45, 7) is 1.12. The summed E-state index contributed by atoms with van der Waals surface area (Å²) < 4.78 is 26.8. The van der Waals surface area contributed by atoms with E-state index in [2.05, 4.69) is 0 Å². The summed E-state index contributed by atoms with van der Waals surface area (Å²) >= 11 is 5.88. The molecule has 1 saturated heterocycles. The molecule has 0 spiro atoms. The number of benzene rings is 2. The van der Waals surface area contributed by atoms with Crippen LogP contribution in [0.1, 0.15) is 29.6 Å². The Morgan fingerprint density at radius 2 is 1.56 bits per heavy atom. The van der Waals surface area contributed by atoms with Crippen molar-refractivity contribution in [3.8, 4) is 11.1 Å². The number of nitrogens with zero attached hydrogens (tertiary/aromatic N) is 1. The Bertz CT molecular complexity index is 888. The van der Waals surface area contributed by atoms with E-state index in [0.29, 0.717) is 18.7 Å². The number of hydrogen-bond donors (Lipinski definition) is 1. The molecule has 0 unspecified atom stereocenters. The molecule has 0 aliphatic carbocycles. The van der Waals surface area contributed by atoms with Crippen LogP contribution >= 0.6 is 11.6 Å². The van der Waals surface area contributed by atoms with Gasteiger partial charge in [0.2, 0.25) is 10.0 Å². The van der Waals surface area contributed by atoms with Crippen molar-refractivity contribution in [2.24, 2.45) is 0 Å². The summed E-state index contributed by atoms with van der Waals surface area (Å²) in [5.41, 5.74) is 1.42. The molecule has 0 radical (unpaired) electrons. The Hall–Kier alpha value is -1.89. The van der Waals surface area contributed by atoms with Crippen LogP contribution in [0.4, 0.5) is 0 Å². The zero-order valence-electron chi connectivity index (χ0n) is 13.5. The maximum absolute atomic E-state index is 12.7. The van der Waals surface area contributed by atoms with Crippen LogP contribution in [0.15, 0.2) is 47.4 Å². The Balaban J connectivity index is 1.90. The zero-order chi connectivity index (χ0) is 18.0. The number of halogens is 1. The first-order valence-corrected chi connectivity index (χ1v) is 9.85. The van der Waals surface area contributed by atoms with Gasteiger partial charge in [-0.15, -0.1) is 0 Å². The first-order valence-electron chi connectivity index (χ1n) is 8.03. The topological polar surface area (TPSA) is 74.7 Å². The predicted octanol–water partition coefficient (Wildman–Crippen LogP) is 3.88. The smallest absolute Gasteiger partial charge is 0.337 e. The molecule has 1 aliphatic rings. The van der Waals surface area contributed by atoms with Gasteiger partial charge in [-0.3, -0.25) is 0 Å². The van der Waals surface area contributed by atoms with Crippen molar-refractivity contribution >= 4 is 27.6 Å². The number of rotatable bonds is 4. The van der Waals surface area contributed by atoms with E-state index in [0.717, 1.165) is 24.8 Å². The maximum Gasteiger partial charge on any atom is 0.337 e. The third-order valence-corrected chi connectivity index (χ3v) is 6.58. The van der Waals surface area contributed by atoms with E-state index < -0.39 is 16.0 Å². The van der Waals surface area contributed by atoms with Gasteiger partial charge in [0.05, 0.1) is 15.5 Å². The first-order chi connectivity index (χ1) is 11.9. The number of aromatic carboxylic acids is 1. The number of carboxylic acids is 1. The van der Waals surface area contributed by atoms with Crippen molar-refractivity contribution in [2.75, 3.05) is 13.1 Å².